The highest BCUT2D eigenvalue weighted by molar-refractivity contribution is 7.15. The quantitative estimate of drug-likeness (QED) is 0.600. The summed E-state index contributed by atoms with van der Waals surface area (Å²) in [5.41, 5.74) is 0.0499. The van der Waals surface area contributed by atoms with Gasteiger partial charge in [0.2, 0.25) is 0 Å². The van der Waals surface area contributed by atoms with Gasteiger partial charge < -0.3 is 10.6 Å². The molecule has 0 saturated carbocycles. The first kappa shape index (κ1) is 20.1. The van der Waals surface area contributed by atoms with Gasteiger partial charge in [-0.3, -0.25) is 14.4 Å². The third-order valence-corrected chi connectivity index (χ3v) is 4.60. The molecule has 0 aliphatic carbocycles. The molecule has 0 unspecified atom stereocenters. The van der Waals surface area contributed by atoms with E-state index in [4.69, 9.17) is 11.6 Å². The molecule has 0 aliphatic rings. The summed E-state index contributed by atoms with van der Waals surface area (Å²) in [6.07, 6.45) is 0. The topological polar surface area (TPSA) is 75.3 Å². The van der Waals surface area contributed by atoms with Crippen LogP contribution in [0, 0.1) is 12.7 Å². The largest absolute Gasteiger partial charge is 0.345 e. The number of halogens is 2. The fraction of sp³-hybridized carbons (Fsp3) is 0.278. The van der Waals surface area contributed by atoms with E-state index >= 15 is 0 Å². The van der Waals surface area contributed by atoms with Crippen molar-refractivity contribution < 1.29 is 18.8 Å². The number of benzene rings is 1. The smallest absolute Gasteiger partial charge is 0.293 e. The predicted octanol–water partition coefficient (Wildman–Crippen LogP) is 4.20. The molecular formula is C18H18ClFN2O3S. The Morgan fingerprint density at radius 1 is 1.15 bits per heavy atom. The van der Waals surface area contributed by atoms with E-state index in [0.717, 1.165) is 17.4 Å². The van der Waals surface area contributed by atoms with Crippen molar-refractivity contribution in [2.75, 3.05) is 5.32 Å². The molecule has 2 rings (SSSR count). The molecule has 0 bridgehead atoms. The summed E-state index contributed by atoms with van der Waals surface area (Å²) in [5, 5.41) is 5.07. The second-order valence-electron chi connectivity index (χ2n) is 6.70. The van der Waals surface area contributed by atoms with Crippen LogP contribution in [0.3, 0.4) is 0 Å². The number of thiophene rings is 1. The Bertz CT molecular complexity index is 887. The molecule has 138 valence electrons. The van der Waals surface area contributed by atoms with Crippen LogP contribution in [0.5, 0.6) is 0 Å². The molecule has 2 aromatic rings. The molecule has 5 nitrogen and oxygen atoms in total. The molecule has 0 spiro atoms. The van der Waals surface area contributed by atoms with Gasteiger partial charge >= 0.3 is 0 Å². The van der Waals surface area contributed by atoms with Gasteiger partial charge in [0.1, 0.15) is 5.82 Å². The second-order valence-corrected chi connectivity index (χ2v) is 8.36. The van der Waals surface area contributed by atoms with E-state index in [1.54, 1.807) is 27.7 Å². The minimum atomic E-state index is -0.726. The van der Waals surface area contributed by atoms with Gasteiger partial charge in [-0.2, -0.15) is 0 Å². The van der Waals surface area contributed by atoms with Crippen LogP contribution < -0.4 is 10.6 Å². The number of amides is 2. The number of aryl methyl sites for hydroxylation is 1. The minimum Gasteiger partial charge on any atom is -0.345 e. The van der Waals surface area contributed by atoms with E-state index in [0.29, 0.717) is 10.6 Å². The normalized spacial score (nSPS) is 11.2. The average Bonchev–Trinajstić information content (AvgIpc) is 2.90. The summed E-state index contributed by atoms with van der Waals surface area (Å²) in [6, 6.07) is 5.19. The Morgan fingerprint density at radius 2 is 1.81 bits per heavy atom. The van der Waals surface area contributed by atoms with Crippen molar-refractivity contribution in [3.8, 4) is 0 Å². The first-order valence-electron chi connectivity index (χ1n) is 7.71. The number of hydrogen-bond donors (Lipinski definition) is 2. The molecule has 0 aliphatic heterocycles. The van der Waals surface area contributed by atoms with Crippen molar-refractivity contribution in [3.63, 3.8) is 0 Å². The lowest BCUT2D eigenvalue weighted by Gasteiger charge is -2.19. The van der Waals surface area contributed by atoms with E-state index in [1.165, 1.54) is 18.2 Å². The Morgan fingerprint density at radius 3 is 2.38 bits per heavy atom. The Hall–Kier alpha value is -2.25. The Balaban J connectivity index is 2.18. The first-order valence-corrected chi connectivity index (χ1v) is 8.91. The molecule has 1 heterocycles. The maximum absolute atomic E-state index is 13.2. The van der Waals surface area contributed by atoms with Gasteiger partial charge in [0.15, 0.2) is 0 Å². The number of carbonyl (C=O) groups excluding carboxylic acids is 3. The zero-order valence-electron chi connectivity index (χ0n) is 14.7. The lowest BCUT2D eigenvalue weighted by atomic mass is 10.1. The van der Waals surface area contributed by atoms with Gasteiger partial charge in [0.25, 0.3) is 17.6 Å². The van der Waals surface area contributed by atoms with E-state index < -0.39 is 29.0 Å². The number of hydrogen-bond acceptors (Lipinski definition) is 4. The van der Waals surface area contributed by atoms with Gasteiger partial charge in [0, 0.05) is 16.1 Å². The molecule has 2 amide bonds. The maximum atomic E-state index is 13.2. The number of Topliss-reactive ketones (excluding diaryl/α,β-unsaturated/α-hetero) is 1. The van der Waals surface area contributed by atoms with E-state index in [2.05, 4.69) is 10.6 Å². The molecule has 0 radical (unpaired) electrons. The minimum absolute atomic E-state index is 0.112. The fourth-order valence-corrected chi connectivity index (χ4v) is 3.24. The molecule has 8 heteroatoms. The highest BCUT2D eigenvalue weighted by atomic mass is 35.5. The van der Waals surface area contributed by atoms with Crippen molar-refractivity contribution in [1.82, 2.24) is 5.32 Å². The molecule has 1 aromatic heterocycles. The maximum Gasteiger partial charge on any atom is 0.293 e. The second kappa shape index (κ2) is 7.55. The monoisotopic (exact) mass is 396 g/mol. The van der Waals surface area contributed by atoms with Gasteiger partial charge in [-0.25, -0.2) is 4.39 Å². The molecule has 2 N–H and O–H groups in total. The number of rotatable bonds is 4. The van der Waals surface area contributed by atoms with Crippen LogP contribution in [0.2, 0.25) is 5.02 Å². The average molecular weight is 397 g/mol. The highest BCUT2D eigenvalue weighted by Crippen LogP contribution is 2.25. The standard InChI is InChI=1S/C18H18ClFN2O3S/c1-9-11(16(24)21-10-5-6-13(20)12(19)7-10)8-14(26-9)15(23)17(25)22-18(2,3)4/h5-8H,1-4H3,(H,21,24)(H,22,25). The SMILES string of the molecule is Cc1sc(C(=O)C(=O)NC(C)(C)C)cc1C(=O)Nc1ccc(F)c(Cl)c1. The van der Waals surface area contributed by atoms with Crippen molar-refractivity contribution in [3.05, 3.63) is 50.4 Å². The number of carbonyl (C=O) groups is 3. The highest BCUT2D eigenvalue weighted by Gasteiger charge is 2.25. The van der Waals surface area contributed by atoms with Crippen LogP contribution in [-0.2, 0) is 4.79 Å². The van der Waals surface area contributed by atoms with Gasteiger partial charge in [0.05, 0.1) is 15.5 Å². The van der Waals surface area contributed by atoms with Crippen LogP contribution in [-0.4, -0.2) is 23.1 Å². The number of anilines is 1. The Kier molecular flexibility index (Phi) is 5.83. The van der Waals surface area contributed by atoms with Crippen molar-refractivity contribution in [2.45, 2.75) is 33.2 Å². The number of ketones is 1. The molecule has 0 saturated heterocycles. The van der Waals surface area contributed by atoms with Crippen molar-refractivity contribution in [2.24, 2.45) is 0 Å². The van der Waals surface area contributed by atoms with Gasteiger partial charge in [-0.1, -0.05) is 11.6 Å². The predicted molar refractivity (Wildman–Crippen MR) is 101 cm³/mol. The molecular weight excluding hydrogens is 379 g/mol. The van der Waals surface area contributed by atoms with E-state index in [9.17, 15) is 18.8 Å². The molecule has 26 heavy (non-hydrogen) atoms. The summed E-state index contributed by atoms with van der Waals surface area (Å²) in [5.74, 6) is -2.49. The number of nitrogens with one attached hydrogen (secondary N) is 2. The van der Waals surface area contributed by atoms with Crippen molar-refractivity contribution >= 4 is 46.2 Å². The van der Waals surface area contributed by atoms with Crippen LogP contribution in [0.4, 0.5) is 10.1 Å². The molecule has 0 fully saturated rings. The summed E-state index contributed by atoms with van der Waals surface area (Å²) >= 11 is 6.76. The van der Waals surface area contributed by atoms with Crippen molar-refractivity contribution in [1.29, 1.82) is 0 Å². The third-order valence-electron chi connectivity index (χ3n) is 3.26. The first-order chi connectivity index (χ1) is 12.0. The lowest BCUT2D eigenvalue weighted by molar-refractivity contribution is -0.118. The van der Waals surface area contributed by atoms with Gasteiger partial charge in [-0.05, 0) is 52.0 Å². The molecule has 0 atom stereocenters. The zero-order valence-corrected chi connectivity index (χ0v) is 16.3. The fourth-order valence-electron chi connectivity index (χ4n) is 2.10. The van der Waals surface area contributed by atoms with Crippen LogP contribution in [0.1, 0.15) is 45.7 Å². The summed E-state index contributed by atoms with van der Waals surface area (Å²) in [6.45, 7) is 6.98. The van der Waals surface area contributed by atoms with E-state index in [-0.39, 0.29) is 15.5 Å². The lowest BCUT2D eigenvalue weighted by Crippen LogP contribution is -2.44. The zero-order chi connectivity index (χ0) is 19.6. The van der Waals surface area contributed by atoms with Crippen LogP contribution in [0.15, 0.2) is 24.3 Å². The summed E-state index contributed by atoms with van der Waals surface area (Å²) < 4.78 is 13.2. The van der Waals surface area contributed by atoms with E-state index in [1.807, 2.05) is 0 Å². The van der Waals surface area contributed by atoms with Crippen LogP contribution in [0.25, 0.3) is 0 Å². The summed E-state index contributed by atoms with van der Waals surface area (Å²) in [7, 11) is 0. The van der Waals surface area contributed by atoms with Crippen LogP contribution >= 0.6 is 22.9 Å². The third kappa shape index (κ3) is 4.89. The van der Waals surface area contributed by atoms with Gasteiger partial charge in [-0.15, -0.1) is 11.3 Å². The molecule has 1 aromatic carbocycles. The Labute approximate surface area is 159 Å². The summed E-state index contributed by atoms with van der Waals surface area (Å²) in [4.78, 5) is 37.4.